The third-order valence-electron chi connectivity index (χ3n) is 3.91. The number of aromatic nitrogens is 2. The second-order valence-corrected chi connectivity index (χ2v) is 7.57. The zero-order valence-corrected chi connectivity index (χ0v) is 16.7. The number of halogens is 1. The number of amides is 1. The van der Waals surface area contributed by atoms with Crippen LogP contribution < -0.4 is 5.32 Å². The van der Waals surface area contributed by atoms with Crippen LogP contribution in [0.3, 0.4) is 0 Å². The Bertz CT molecular complexity index is 913. The molecule has 0 aliphatic heterocycles. The third kappa shape index (κ3) is 5.55. The van der Waals surface area contributed by atoms with Crippen LogP contribution in [-0.4, -0.2) is 21.6 Å². The monoisotopic (exact) mass is 397 g/mol. The molecule has 0 aliphatic rings. The van der Waals surface area contributed by atoms with E-state index in [0.717, 1.165) is 22.5 Å². The Labute approximate surface area is 168 Å². The van der Waals surface area contributed by atoms with Gasteiger partial charge in [-0.15, -0.1) is 0 Å². The van der Waals surface area contributed by atoms with E-state index in [1.165, 1.54) is 11.8 Å². The summed E-state index contributed by atoms with van der Waals surface area (Å²) in [5.74, 6) is 0.156. The SMILES string of the molecule is Cc1cc(C)nc(SCC(=O)NC(c2ccccc2)c2cccc(Cl)c2)n1. The molecule has 0 fully saturated rings. The summed E-state index contributed by atoms with van der Waals surface area (Å²) in [6.07, 6.45) is 0. The van der Waals surface area contributed by atoms with Crippen molar-refractivity contribution in [3.8, 4) is 0 Å². The van der Waals surface area contributed by atoms with Crippen LogP contribution in [-0.2, 0) is 4.79 Å². The first-order chi connectivity index (χ1) is 13.0. The van der Waals surface area contributed by atoms with Gasteiger partial charge >= 0.3 is 0 Å². The number of nitrogens with zero attached hydrogens (tertiary/aromatic N) is 2. The van der Waals surface area contributed by atoms with Crippen molar-refractivity contribution in [3.63, 3.8) is 0 Å². The van der Waals surface area contributed by atoms with Gasteiger partial charge in [0.2, 0.25) is 5.91 Å². The first kappa shape index (κ1) is 19.4. The molecule has 1 unspecified atom stereocenters. The number of benzene rings is 2. The Morgan fingerprint density at radius 3 is 2.33 bits per heavy atom. The van der Waals surface area contributed by atoms with Gasteiger partial charge in [0.15, 0.2) is 5.16 Å². The Balaban J connectivity index is 1.74. The van der Waals surface area contributed by atoms with Crippen molar-refractivity contribution in [1.29, 1.82) is 0 Å². The lowest BCUT2D eigenvalue weighted by molar-refractivity contribution is -0.119. The van der Waals surface area contributed by atoms with Gasteiger partial charge in [0.25, 0.3) is 0 Å². The minimum absolute atomic E-state index is 0.0865. The van der Waals surface area contributed by atoms with E-state index in [-0.39, 0.29) is 17.7 Å². The average molecular weight is 398 g/mol. The molecule has 0 saturated heterocycles. The fraction of sp³-hybridized carbons (Fsp3) is 0.190. The quantitative estimate of drug-likeness (QED) is 0.482. The van der Waals surface area contributed by atoms with Gasteiger partial charge in [-0.1, -0.05) is 65.8 Å². The van der Waals surface area contributed by atoms with Crippen LogP contribution in [0, 0.1) is 13.8 Å². The third-order valence-corrected chi connectivity index (χ3v) is 5.00. The fourth-order valence-corrected chi connectivity index (χ4v) is 3.74. The van der Waals surface area contributed by atoms with Crippen molar-refractivity contribution < 1.29 is 4.79 Å². The maximum atomic E-state index is 12.6. The smallest absolute Gasteiger partial charge is 0.231 e. The molecule has 4 nitrogen and oxygen atoms in total. The van der Waals surface area contributed by atoms with Crippen LogP contribution in [0.15, 0.2) is 65.8 Å². The lowest BCUT2D eigenvalue weighted by Gasteiger charge is -2.20. The molecule has 0 saturated carbocycles. The topological polar surface area (TPSA) is 54.9 Å². The largest absolute Gasteiger partial charge is 0.344 e. The van der Waals surface area contributed by atoms with Crippen LogP contribution in [0.1, 0.15) is 28.6 Å². The molecule has 3 aromatic rings. The molecule has 1 atom stereocenters. The van der Waals surface area contributed by atoms with Crippen molar-refractivity contribution >= 4 is 29.3 Å². The van der Waals surface area contributed by atoms with Gasteiger partial charge in [-0.05, 0) is 43.2 Å². The normalized spacial score (nSPS) is 11.8. The molecule has 1 amide bonds. The zero-order chi connectivity index (χ0) is 19.2. The number of rotatable bonds is 6. The average Bonchev–Trinajstić information content (AvgIpc) is 2.64. The molecule has 6 heteroatoms. The first-order valence-corrected chi connectivity index (χ1v) is 9.92. The van der Waals surface area contributed by atoms with Crippen molar-refractivity contribution in [2.45, 2.75) is 25.0 Å². The van der Waals surface area contributed by atoms with Gasteiger partial charge in [0.05, 0.1) is 11.8 Å². The Morgan fingerprint density at radius 1 is 1.00 bits per heavy atom. The maximum Gasteiger partial charge on any atom is 0.231 e. The van der Waals surface area contributed by atoms with Gasteiger partial charge in [-0.25, -0.2) is 9.97 Å². The molecule has 138 valence electrons. The van der Waals surface area contributed by atoms with Crippen molar-refractivity contribution in [3.05, 3.63) is 88.2 Å². The summed E-state index contributed by atoms with van der Waals surface area (Å²) in [7, 11) is 0. The molecule has 0 bridgehead atoms. The van der Waals surface area contributed by atoms with Gasteiger partial charge in [0.1, 0.15) is 0 Å². The lowest BCUT2D eigenvalue weighted by atomic mass is 9.99. The van der Waals surface area contributed by atoms with E-state index in [4.69, 9.17) is 11.6 Å². The molecule has 0 aliphatic carbocycles. The highest BCUT2D eigenvalue weighted by molar-refractivity contribution is 7.99. The Morgan fingerprint density at radius 2 is 1.67 bits per heavy atom. The Hall–Kier alpha value is -2.37. The number of hydrogen-bond acceptors (Lipinski definition) is 4. The standard InChI is InChI=1S/C21H20ClN3OS/c1-14-11-15(2)24-21(23-14)27-13-19(26)25-20(16-7-4-3-5-8-16)17-9-6-10-18(22)12-17/h3-12,20H,13H2,1-2H3,(H,25,26). The summed E-state index contributed by atoms with van der Waals surface area (Å²) in [4.78, 5) is 21.3. The highest BCUT2D eigenvalue weighted by atomic mass is 35.5. The molecule has 2 aromatic carbocycles. The summed E-state index contributed by atoms with van der Waals surface area (Å²) >= 11 is 7.48. The van der Waals surface area contributed by atoms with Crippen LogP contribution in [0.5, 0.6) is 0 Å². The molecule has 3 rings (SSSR count). The van der Waals surface area contributed by atoms with Gasteiger partial charge in [0, 0.05) is 16.4 Å². The van der Waals surface area contributed by atoms with Crippen molar-refractivity contribution in [2.24, 2.45) is 0 Å². The molecule has 0 spiro atoms. The van der Waals surface area contributed by atoms with E-state index in [9.17, 15) is 4.79 Å². The molecule has 1 aromatic heterocycles. The van der Waals surface area contributed by atoms with E-state index in [0.29, 0.717) is 10.2 Å². The molecular weight excluding hydrogens is 378 g/mol. The summed E-state index contributed by atoms with van der Waals surface area (Å²) in [6.45, 7) is 3.84. The van der Waals surface area contributed by atoms with Gasteiger partial charge in [-0.2, -0.15) is 0 Å². The first-order valence-electron chi connectivity index (χ1n) is 8.56. The Kier molecular flexibility index (Phi) is 6.48. The molecule has 1 heterocycles. The number of thioether (sulfide) groups is 1. The van der Waals surface area contributed by atoms with Gasteiger partial charge in [-0.3, -0.25) is 4.79 Å². The summed E-state index contributed by atoms with van der Waals surface area (Å²) in [6, 6.07) is 19.0. The number of carbonyl (C=O) groups excluding carboxylic acids is 1. The number of aryl methyl sites for hydroxylation is 2. The number of nitrogens with one attached hydrogen (secondary N) is 1. The van der Waals surface area contributed by atoms with Crippen molar-refractivity contribution in [2.75, 3.05) is 5.75 Å². The van der Waals surface area contributed by atoms with Gasteiger partial charge < -0.3 is 5.32 Å². The maximum absolute atomic E-state index is 12.6. The summed E-state index contributed by atoms with van der Waals surface area (Å²) < 4.78 is 0. The van der Waals surface area contributed by atoms with E-state index < -0.39 is 0 Å². The van der Waals surface area contributed by atoms with E-state index in [2.05, 4.69) is 15.3 Å². The molecule has 27 heavy (non-hydrogen) atoms. The highest BCUT2D eigenvalue weighted by Gasteiger charge is 2.17. The number of hydrogen-bond donors (Lipinski definition) is 1. The fourth-order valence-electron chi connectivity index (χ4n) is 2.78. The summed E-state index contributed by atoms with van der Waals surface area (Å²) in [5.41, 5.74) is 3.73. The zero-order valence-electron chi connectivity index (χ0n) is 15.1. The van der Waals surface area contributed by atoms with Crippen molar-refractivity contribution in [1.82, 2.24) is 15.3 Å². The van der Waals surface area contributed by atoms with Crippen LogP contribution in [0.25, 0.3) is 0 Å². The van der Waals surface area contributed by atoms with Crippen LogP contribution >= 0.6 is 23.4 Å². The molecular formula is C21H20ClN3OS. The highest BCUT2D eigenvalue weighted by Crippen LogP contribution is 2.25. The van der Waals surface area contributed by atoms with E-state index >= 15 is 0 Å². The van der Waals surface area contributed by atoms with Crippen LogP contribution in [0.4, 0.5) is 0 Å². The second kappa shape index (κ2) is 9.02. The molecule has 0 radical (unpaired) electrons. The minimum Gasteiger partial charge on any atom is -0.344 e. The van der Waals surface area contributed by atoms with Crippen LogP contribution in [0.2, 0.25) is 5.02 Å². The van der Waals surface area contributed by atoms with E-state index in [1.807, 2.05) is 74.5 Å². The van der Waals surface area contributed by atoms with E-state index in [1.54, 1.807) is 0 Å². The number of carbonyl (C=O) groups is 1. The summed E-state index contributed by atoms with van der Waals surface area (Å²) in [5, 5.41) is 4.35. The second-order valence-electron chi connectivity index (χ2n) is 6.19. The molecule has 1 N–H and O–H groups in total. The predicted molar refractivity (Wildman–Crippen MR) is 110 cm³/mol. The lowest BCUT2D eigenvalue weighted by Crippen LogP contribution is -2.30. The predicted octanol–water partition coefficient (Wildman–Crippen LogP) is 4.74. The minimum atomic E-state index is -0.266.